The lowest BCUT2D eigenvalue weighted by Crippen LogP contribution is -2.28. The summed E-state index contributed by atoms with van der Waals surface area (Å²) in [5, 5.41) is 1.18. The molecule has 0 aromatic carbocycles. The predicted octanol–water partition coefficient (Wildman–Crippen LogP) is 2.50. The van der Waals surface area contributed by atoms with Crippen molar-refractivity contribution in [3.63, 3.8) is 0 Å². The van der Waals surface area contributed by atoms with E-state index in [9.17, 15) is 0 Å². The Morgan fingerprint density at radius 1 is 1.45 bits per heavy atom. The highest BCUT2D eigenvalue weighted by Crippen LogP contribution is 2.17. The van der Waals surface area contributed by atoms with Crippen LogP contribution in [0.2, 0.25) is 0 Å². The van der Waals surface area contributed by atoms with E-state index in [0.717, 1.165) is 5.92 Å². The maximum absolute atomic E-state index is 3.58. The average molecular weight is 220 g/mol. The summed E-state index contributed by atoms with van der Waals surface area (Å²) in [4.78, 5) is 2.57. The van der Waals surface area contributed by atoms with E-state index in [1.165, 1.54) is 44.2 Å². The van der Waals surface area contributed by atoms with Gasteiger partial charge in [0.25, 0.3) is 0 Å². The third-order valence-corrected chi connectivity index (χ3v) is 3.43. The molecule has 66 valence electrons. The third kappa shape index (κ3) is 3.12. The van der Waals surface area contributed by atoms with Crippen LogP contribution in [0.25, 0.3) is 0 Å². The highest BCUT2D eigenvalue weighted by atomic mass is 79.9. The van der Waals surface area contributed by atoms with Gasteiger partial charge in [0.1, 0.15) is 0 Å². The van der Waals surface area contributed by atoms with E-state index in [0.29, 0.717) is 0 Å². The summed E-state index contributed by atoms with van der Waals surface area (Å²) >= 11 is 3.58. The molecule has 0 aromatic heterocycles. The molecule has 1 unspecified atom stereocenters. The first-order chi connectivity index (χ1) is 5.36. The fraction of sp³-hybridized carbons (Fsp3) is 1.00. The molecule has 0 spiro atoms. The molecule has 0 bridgehead atoms. The second-order valence-electron chi connectivity index (χ2n) is 3.41. The predicted molar refractivity (Wildman–Crippen MR) is 53.2 cm³/mol. The normalized spacial score (nSPS) is 28.4. The van der Waals surface area contributed by atoms with Gasteiger partial charge in [-0.15, -0.1) is 0 Å². The Labute approximate surface area is 78.3 Å². The number of halogens is 1. The number of rotatable bonds is 2. The van der Waals surface area contributed by atoms with Gasteiger partial charge in [0.15, 0.2) is 0 Å². The molecule has 0 aliphatic carbocycles. The first kappa shape index (κ1) is 9.53. The Balaban J connectivity index is 2.33. The maximum atomic E-state index is 3.58. The van der Waals surface area contributed by atoms with Gasteiger partial charge in [-0.25, -0.2) is 0 Å². The molecule has 0 amide bonds. The van der Waals surface area contributed by atoms with Crippen molar-refractivity contribution in [2.45, 2.75) is 26.2 Å². The SMILES string of the molecule is CCN1CCCCC(CBr)C1. The zero-order chi connectivity index (χ0) is 8.10. The molecule has 1 aliphatic rings. The topological polar surface area (TPSA) is 3.24 Å². The molecule has 1 fully saturated rings. The minimum Gasteiger partial charge on any atom is -0.303 e. The van der Waals surface area contributed by atoms with Crippen molar-refractivity contribution < 1.29 is 0 Å². The van der Waals surface area contributed by atoms with Gasteiger partial charge < -0.3 is 4.90 Å². The molecule has 1 aliphatic heterocycles. The molecular formula is C9H18BrN. The Hall–Kier alpha value is 0.440. The van der Waals surface area contributed by atoms with Gasteiger partial charge >= 0.3 is 0 Å². The van der Waals surface area contributed by atoms with Crippen molar-refractivity contribution in [3.8, 4) is 0 Å². The van der Waals surface area contributed by atoms with Crippen LogP contribution in [-0.2, 0) is 0 Å². The second-order valence-corrected chi connectivity index (χ2v) is 4.06. The van der Waals surface area contributed by atoms with Crippen LogP contribution in [0.5, 0.6) is 0 Å². The molecule has 0 radical (unpaired) electrons. The monoisotopic (exact) mass is 219 g/mol. The number of nitrogens with zero attached hydrogens (tertiary/aromatic N) is 1. The summed E-state index contributed by atoms with van der Waals surface area (Å²) in [6.07, 6.45) is 4.24. The van der Waals surface area contributed by atoms with Gasteiger partial charge in [-0.3, -0.25) is 0 Å². The van der Waals surface area contributed by atoms with Crippen molar-refractivity contribution >= 4 is 15.9 Å². The quantitative estimate of drug-likeness (QED) is 0.646. The van der Waals surface area contributed by atoms with Gasteiger partial charge in [-0.2, -0.15) is 0 Å². The summed E-state index contributed by atoms with van der Waals surface area (Å²) in [5.41, 5.74) is 0. The summed E-state index contributed by atoms with van der Waals surface area (Å²) in [6, 6.07) is 0. The highest BCUT2D eigenvalue weighted by Gasteiger charge is 2.15. The minimum absolute atomic E-state index is 0.900. The largest absolute Gasteiger partial charge is 0.303 e. The number of alkyl halides is 1. The van der Waals surface area contributed by atoms with Gasteiger partial charge in [-0.05, 0) is 31.8 Å². The molecule has 1 saturated heterocycles. The van der Waals surface area contributed by atoms with Crippen LogP contribution < -0.4 is 0 Å². The first-order valence-corrected chi connectivity index (χ1v) is 5.77. The molecule has 1 heterocycles. The molecule has 0 aromatic rings. The maximum Gasteiger partial charge on any atom is 0.00718 e. The van der Waals surface area contributed by atoms with Crippen LogP contribution in [0.3, 0.4) is 0 Å². The van der Waals surface area contributed by atoms with Crippen molar-refractivity contribution in [1.29, 1.82) is 0 Å². The molecular weight excluding hydrogens is 202 g/mol. The van der Waals surface area contributed by atoms with Crippen molar-refractivity contribution in [3.05, 3.63) is 0 Å². The van der Waals surface area contributed by atoms with Crippen LogP contribution >= 0.6 is 15.9 Å². The standard InChI is InChI=1S/C9H18BrN/c1-2-11-6-4-3-5-9(7-10)8-11/h9H,2-8H2,1H3. The van der Waals surface area contributed by atoms with E-state index in [1.54, 1.807) is 0 Å². The average Bonchev–Trinajstić information content (AvgIpc) is 2.28. The van der Waals surface area contributed by atoms with E-state index in [-0.39, 0.29) is 0 Å². The molecule has 0 N–H and O–H groups in total. The minimum atomic E-state index is 0.900. The smallest absolute Gasteiger partial charge is 0.00718 e. The van der Waals surface area contributed by atoms with Gasteiger partial charge in [0.2, 0.25) is 0 Å². The van der Waals surface area contributed by atoms with Gasteiger partial charge in [0.05, 0.1) is 0 Å². The van der Waals surface area contributed by atoms with E-state index < -0.39 is 0 Å². The molecule has 0 saturated carbocycles. The van der Waals surface area contributed by atoms with Gasteiger partial charge in [0, 0.05) is 11.9 Å². The lowest BCUT2D eigenvalue weighted by molar-refractivity contribution is 0.271. The lowest BCUT2D eigenvalue weighted by Gasteiger charge is -2.20. The second kappa shape index (κ2) is 5.15. The number of likely N-dealkylation sites (tertiary alicyclic amines) is 1. The molecule has 11 heavy (non-hydrogen) atoms. The Kier molecular flexibility index (Phi) is 4.46. The van der Waals surface area contributed by atoms with Crippen molar-refractivity contribution in [2.75, 3.05) is 25.0 Å². The van der Waals surface area contributed by atoms with E-state index >= 15 is 0 Å². The molecule has 1 atom stereocenters. The first-order valence-electron chi connectivity index (χ1n) is 4.65. The highest BCUT2D eigenvalue weighted by molar-refractivity contribution is 9.09. The number of hydrogen-bond donors (Lipinski definition) is 0. The van der Waals surface area contributed by atoms with Crippen LogP contribution in [-0.4, -0.2) is 29.9 Å². The van der Waals surface area contributed by atoms with E-state index in [1.807, 2.05) is 0 Å². The number of hydrogen-bond acceptors (Lipinski definition) is 1. The zero-order valence-electron chi connectivity index (χ0n) is 7.35. The van der Waals surface area contributed by atoms with Crippen LogP contribution in [0.1, 0.15) is 26.2 Å². The molecule has 1 rings (SSSR count). The Morgan fingerprint density at radius 2 is 2.27 bits per heavy atom. The van der Waals surface area contributed by atoms with E-state index in [4.69, 9.17) is 0 Å². The summed E-state index contributed by atoms with van der Waals surface area (Å²) in [6.45, 7) is 6.11. The van der Waals surface area contributed by atoms with Crippen LogP contribution in [0.15, 0.2) is 0 Å². The molecule has 1 nitrogen and oxygen atoms in total. The Morgan fingerprint density at radius 3 is 2.91 bits per heavy atom. The summed E-state index contributed by atoms with van der Waals surface area (Å²) in [7, 11) is 0. The third-order valence-electron chi connectivity index (χ3n) is 2.52. The van der Waals surface area contributed by atoms with Gasteiger partial charge in [-0.1, -0.05) is 29.3 Å². The van der Waals surface area contributed by atoms with Crippen molar-refractivity contribution in [1.82, 2.24) is 4.90 Å². The molecule has 2 heteroatoms. The van der Waals surface area contributed by atoms with Crippen molar-refractivity contribution in [2.24, 2.45) is 5.92 Å². The van der Waals surface area contributed by atoms with E-state index in [2.05, 4.69) is 27.8 Å². The summed E-state index contributed by atoms with van der Waals surface area (Å²) in [5.74, 6) is 0.900. The fourth-order valence-corrected chi connectivity index (χ4v) is 2.26. The summed E-state index contributed by atoms with van der Waals surface area (Å²) < 4.78 is 0. The zero-order valence-corrected chi connectivity index (χ0v) is 8.94. The lowest BCUT2D eigenvalue weighted by atomic mass is 10.1. The Bertz CT molecular complexity index is 93.7. The van der Waals surface area contributed by atoms with Crippen LogP contribution in [0, 0.1) is 5.92 Å². The van der Waals surface area contributed by atoms with Crippen LogP contribution in [0.4, 0.5) is 0 Å². The fourth-order valence-electron chi connectivity index (χ4n) is 1.73.